The first kappa shape index (κ1) is 24.6. The molecule has 3 heteroatoms. The molecule has 0 saturated heterocycles. The normalized spacial score (nSPS) is 38.4. The van der Waals surface area contributed by atoms with Crippen molar-refractivity contribution in [1.82, 2.24) is 9.88 Å². The van der Waals surface area contributed by atoms with Crippen molar-refractivity contribution in [3.63, 3.8) is 0 Å². The molecule has 1 aromatic carbocycles. The predicted octanol–water partition coefficient (Wildman–Crippen LogP) is 7.50. The highest BCUT2D eigenvalue weighted by Crippen LogP contribution is 2.64. The molecule has 3 saturated carbocycles. The van der Waals surface area contributed by atoms with E-state index in [4.69, 9.17) is 0 Å². The van der Waals surface area contributed by atoms with Crippen LogP contribution in [-0.2, 0) is 0 Å². The number of fused-ring (bicyclic) bond motifs is 5. The van der Waals surface area contributed by atoms with Gasteiger partial charge in [0.15, 0.2) is 0 Å². The lowest BCUT2D eigenvalue weighted by Crippen LogP contribution is -2.49. The highest BCUT2D eigenvalue weighted by molar-refractivity contribution is 5.82. The van der Waals surface area contributed by atoms with Crippen LogP contribution in [0.25, 0.3) is 10.8 Å². The fourth-order valence-corrected chi connectivity index (χ4v) is 9.47. The summed E-state index contributed by atoms with van der Waals surface area (Å²) in [6.07, 6.45) is 17.1. The number of aliphatic hydroxyl groups is 1. The minimum absolute atomic E-state index is 0.128. The Bertz CT molecular complexity index is 1140. The third kappa shape index (κ3) is 3.88. The van der Waals surface area contributed by atoms with Crippen LogP contribution in [0.4, 0.5) is 0 Å². The van der Waals surface area contributed by atoms with Gasteiger partial charge in [0.2, 0.25) is 0 Å². The number of hydrogen-bond acceptors (Lipinski definition) is 3. The molecule has 36 heavy (non-hydrogen) atoms. The summed E-state index contributed by atoms with van der Waals surface area (Å²) < 4.78 is 0. The van der Waals surface area contributed by atoms with Gasteiger partial charge in [0.25, 0.3) is 0 Å². The summed E-state index contributed by atoms with van der Waals surface area (Å²) in [5.41, 5.74) is 2.38. The van der Waals surface area contributed by atoms with E-state index in [0.717, 1.165) is 50.1 Å². The molecule has 0 amide bonds. The Labute approximate surface area is 218 Å². The average Bonchev–Trinajstić information content (AvgIpc) is 3.16. The van der Waals surface area contributed by atoms with Crippen LogP contribution < -0.4 is 0 Å². The number of hydrogen-bond donors (Lipinski definition) is 1. The quantitative estimate of drug-likeness (QED) is 0.455. The largest absolute Gasteiger partial charge is 0.385 e. The smallest absolute Gasteiger partial charge is 0.0890 e. The van der Waals surface area contributed by atoms with Crippen molar-refractivity contribution in [3.05, 3.63) is 53.9 Å². The Morgan fingerprint density at radius 1 is 1.06 bits per heavy atom. The van der Waals surface area contributed by atoms with Gasteiger partial charge in [-0.15, -0.1) is 0 Å². The molecule has 4 aliphatic rings. The van der Waals surface area contributed by atoms with Crippen LogP contribution in [0.2, 0.25) is 0 Å². The van der Waals surface area contributed by atoms with Crippen molar-refractivity contribution in [2.75, 3.05) is 6.54 Å². The number of pyridine rings is 1. The second-order valence-electron chi connectivity index (χ2n) is 13.2. The molecule has 0 bridgehead atoms. The summed E-state index contributed by atoms with van der Waals surface area (Å²) in [5.74, 6) is 2.41. The molecule has 194 valence electrons. The zero-order valence-corrected chi connectivity index (χ0v) is 22.9. The van der Waals surface area contributed by atoms with E-state index in [1.54, 1.807) is 0 Å². The van der Waals surface area contributed by atoms with Crippen LogP contribution in [0.5, 0.6) is 0 Å². The highest BCUT2D eigenvalue weighted by atomic mass is 16.3. The molecule has 4 aliphatic carbocycles. The lowest BCUT2D eigenvalue weighted by molar-refractivity contribution is -0.0503. The van der Waals surface area contributed by atoms with Gasteiger partial charge in [0, 0.05) is 29.9 Å². The number of rotatable bonds is 4. The summed E-state index contributed by atoms with van der Waals surface area (Å²) in [6, 6.07) is 10.4. The monoisotopic (exact) mass is 486 g/mol. The zero-order valence-electron chi connectivity index (χ0n) is 22.9. The summed E-state index contributed by atoms with van der Waals surface area (Å²) in [7, 11) is 0. The van der Waals surface area contributed by atoms with Gasteiger partial charge in [-0.1, -0.05) is 32.1 Å². The number of nitrogens with zero attached hydrogens (tertiary/aromatic N) is 2. The first-order valence-corrected chi connectivity index (χ1v) is 14.8. The van der Waals surface area contributed by atoms with Crippen LogP contribution in [0, 0.1) is 23.2 Å². The van der Waals surface area contributed by atoms with E-state index in [0.29, 0.717) is 17.9 Å². The molecular formula is C33H46N2O. The lowest BCUT2D eigenvalue weighted by atomic mass is 9.57. The highest BCUT2D eigenvalue weighted by Gasteiger charge is 2.59. The standard InChI is InChI=1S/C33H46N2O/c1-5-35(22(2)3)29-9-8-24-19-28-13-15-32(4)30(26-7-6-23-14-17-34-21-27(23)18-26)10-11-31(32)33(28,36)16-12-25(24)20-29/h6-7,13-14,17-18,21-22,24-25,29-31,36H,5,8-12,15-16,19-20H2,1-4H3/t24?,25?,29?,30?,31?,32?,33-/m1/s1. The van der Waals surface area contributed by atoms with E-state index >= 15 is 0 Å². The molecule has 7 atom stereocenters. The first-order chi connectivity index (χ1) is 17.3. The van der Waals surface area contributed by atoms with E-state index < -0.39 is 5.60 Å². The second-order valence-corrected chi connectivity index (χ2v) is 13.2. The van der Waals surface area contributed by atoms with E-state index in [1.165, 1.54) is 54.0 Å². The van der Waals surface area contributed by atoms with E-state index in [-0.39, 0.29) is 5.41 Å². The Balaban J connectivity index is 1.26. The summed E-state index contributed by atoms with van der Waals surface area (Å²) in [5, 5.41) is 15.0. The second kappa shape index (κ2) is 9.24. The third-order valence-corrected chi connectivity index (χ3v) is 11.3. The molecule has 1 aromatic heterocycles. The van der Waals surface area contributed by atoms with Crippen molar-refractivity contribution in [1.29, 1.82) is 0 Å². The van der Waals surface area contributed by atoms with Crippen molar-refractivity contribution in [3.8, 4) is 0 Å². The maximum Gasteiger partial charge on any atom is 0.0890 e. The third-order valence-electron chi connectivity index (χ3n) is 11.3. The van der Waals surface area contributed by atoms with Gasteiger partial charge in [-0.2, -0.15) is 0 Å². The average molecular weight is 487 g/mol. The van der Waals surface area contributed by atoms with E-state index in [1.807, 2.05) is 12.4 Å². The van der Waals surface area contributed by atoms with Gasteiger partial charge in [-0.3, -0.25) is 9.88 Å². The summed E-state index contributed by atoms with van der Waals surface area (Å²) in [6.45, 7) is 10.7. The molecule has 3 nitrogen and oxygen atoms in total. The fraction of sp³-hybridized carbons (Fsp3) is 0.667. The zero-order chi connectivity index (χ0) is 25.1. The maximum absolute atomic E-state index is 12.5. The molecule has 6 unspecified atom stereocenters. The van der Waals surface area contributed by atoms with Crippen LogP contribution in [0.15, 0.2) is 48.3 Å². The Morgan fingerprint density at radius 2 is 1.92 bits per heavy atom. The number of allylic oxidation sites excluding steroid dienone is 1. The minimum atomic E-state index is -0.602. The number of benzene rings is 1. The molecule has 0 aliphatic heterocycles. The van der Waals surface area contributed by atoms with Gasteiger partial charge >= 0.3 is 0 Å². The van der Waals surface area contributed by atoms with Crippen LogP contribution in [0.3, 0.4) is 0 Å². The predicted molar refractivity (Wildman–Crippen MR) is 149 cm³/mol. The van der Waals surface area contributed by atoms with Gasteiger partial charge in [0.05, 0.1) is 5.60 Å². The van der Waals surface area contributed by atoms with Crippen molar-refractivity contribution < 1.29 is 5.11 Å². The minimum Gasteiger partial charge on any atom is -0.385 e. The van der Waals surface area contributed by atoms with Gasteiger partial charge in [-0.25, -0.2) is 0 Å². The molecule has 0 spiro atoms. The van der Waals surface area contributed by atoms with Gasteiger partial charge in [0.1, 0.15) is 0 Å². The Hall–Kier alpha value is -1.71. The topological polar surface area (TPSA) is 36.4 Å². The van der Waals surface area contributed by atoms with Crippen molar-refractivity contribution in [2.24, 2.45) is 23.2 Å². The van der Waals surface area contributed by atoms with Gasteiger partial charge in [-0.05, 0) is 136 Å². The van der Waals surface area contributed by atoms with Crippen LogP contribution in [0.1, 0.15) is 97.0 Å². The molecule has 1 heterocycles. The van der Waals surface area contributed by atoms with E-state index in [2.05, 4.69) is 67.9 Å². The molecule has 1 N–H and O–H groups in total. The molecule has 2 aromatic rings. The van der Waals surface area contributed by atoms with Crippen molar-refractivity contribution in [2.45, 2.75) is 109 Å². The molecule has 6 rings (SSSR count). The lowest BCUT2D eigenvalue weighted by Gasteiger charge is -2.50. The fourth-order valence-electron chi connectivity index (χ4n) is 9.47. The Kier molecular flexibility index (Phi) is 6.32. The molecule has 3 fully saturated rings. The van der Waals surface area contributed by atoms with Gasteiger partial charge < -0.3 is 5.11 Å². The van der Waals surface area contributed by atoms with E-state index in [9.17, 15) is 5.11 Å². The summed E-state index contributed by atoms with van der Waals surface area (Å²) >= 11 is 0. The molecule has 0 radical (unpaired) electrons. The van der Waals surface area contributed by atoms with Crippen LogP contribution in [-0.4, -0.2) is 39.2 Å². The SMILES string of the molecule is CCN(C(C)C)C1CCC2CC3=CCC4(C)C(c5ccc6ccncc6c5)CCC4[C@@]3(O)CCC2C1. The Morgan fingerprint density at radius 3 is 2.72 bits per heavy atom. The molecular weight excluding hydrogens is 440 g/mol. The van der Waals surface area contributed by atoms with Crippen LogP contribution >= 0.6 is 0 Å². The first-order valence-electron chi connectivity index (χ1n) is 14.8. The maximum atomic E-state index is 12.5. The summed E-state index contributed by atoms with van der Waals surface area (Å²) in [4.78, 5) is 7.09. The van der Waals surface area contributed by atoms with Crippen molar-refractivity contribution >= 4 is 10.8 Å². The number of aromatic nitrogens is 1.